The number of aromatic nitrogens is 1. The van der Waals surface area contributed by atoms with Gasteiger partial charge in [-0.25, -0.2) is 31.9 Å². The Kier molecular flexibility index (Phi) is 5.60. The summed E-state index contributed by atoms with van der Waals surface area (Å²) in [5, 5.41) is 0. The summed E-state index contributed by atoms with van der Waals surface area (Å²) in [6.45, 7) is 5.92. The Morgan fingerprint density at radius 1 is 1.05 bits per heavy atom. The summed E-state index contributed by atoms with van der Waals surface area (Å²) in [6, 6.07) is 5.10. The lowest BCUT2D eigenvalue weighted by atomic mass is 10.1. The van der Waals surface area contributed by atoms with E-state index in [2.05, 4.69) is 0 Å². The van der Waals surface area contributed by atoms with Gasteiger partial charge >= 0.3 is 0 Å². The molecule has 0 saturated carbocycles. The van der Waals surface area contributed by atoms with Gasteiger partial charge in [-0.05, 0) is 16.9 Å². The van der Waals surface area contributed by atoms with Crippen LogP contribution >= 0.6 is 0 Å². The number of benzene rings is 1. The maximum absolute atomic E-state index is 13.5. The Hall–Kier alpha value is -1.58. The van der Waals surface area contributed by atoms with Gasteiger partial charge in [0.1, 0.15) is 11.6 Å². The fraction of sp³-hybridized carbons (Fsp3) is 0.308. The van der Waals surface area contributed by atoms with Crippen LogP contribution in [0.25, 0.3) is 11.3 Å². The quantitative estimate of drug-likeness (QED) is 0.589. The van der Waals surface area contributed by atoms with Gasteiger partial charge in [-0.1, -0.05) is 0 Å². The van der Waals surface area contributed by atoms with E-state index in [4.69, 9.17) is 23.2 Å². The summed E-state index contributed by atoms with van der Waals surface area (Å²) in [5.41, 5.74) is 0.0452. The number of nitrogens with zero attached hydrogens (tertiary/aromatic N) is 1. The van der Waals surface area contributed by atoms with Crippen molar-refractivity contribution in [3.05, 3.63) is 42.1 Å². The molecule has 2 rings (SSSR count). The van der Waals surface area contributed by atoms with Crippen molar-refractivity contribution in [1.29, 1.82) is 0 Å². The van der Waals surface area contributed by atoms with Crippen LogP contribution in [-0.4, -0.2) is 0 Å². The van der Waals surface area contributed by atoms with E-state index in [-0.39, 0.29) is 11.1 Å². The smallest absolute Gasteiger partial charge is 0.221 e. The fourth-order valence-corrected chi connectivity index (χ4v) is 1.49. The number of hydrogen-bond donors (Lipinski definition) is 0. The minimum atomic E-state index is -4.94. The van der Waals surface area contributed by atoms with Crippen molar-refractivity contribution in [2.24, 2.45) is 0 Å². The molecule has 22 heavy (non-hydrogen) atoms. The van der Waals surface area contributed by atoms with E-state index in [0.717, 1.165) is 6.07 Å². The van der Waals surface area contributed by atoms with Gasteiger partial charge in [-0.15, -0.1) is 10.2 Å². The largest absolute Gasteiger partial charge is 0.236 e. The minimum absolute atomic E-state index is 0.214. The third-order valence-electron chi connectivity index (χ3n) is 2.42. The van der Waals surface area contributed by atoms with E-state index in [1.54, 1.807) is 17.0 Å². The highest BCUT2D eigenvalue weighted by molar-refractivity contribution is 5.56. The predicted octanol–water partition coefficient (Wildman–Crippen LogP) is -1.49. The van der Waals surface area contributed by atoms with Gasteiger partial charge in [-0.2, -0.15) is 0 Å². The average Bonchev–Trinajstić information content (AvgIpc) is 2.75. The monoisotopic (exact) mass is 337 g/mol. The van der Waals surface area contributed by atoms with Gasteiger partial charge in [0.15, 0.2) is 0 Å². The molecule has 0 bridgehead atoms. The molecule has 0 N–H and O–H groups in total. The van der Waals surface area contributed by atoms with Crippen LogP contribution in [0.15, 0.2) is 35.0 Å². The normalized spacial score (nSPS) is 11.9. The molecule has 0 aliphatic rings. The van der Waals surface area contributed by atoms with Gasteiger partial charge in [0, 0.05) is 26.8 Å². The Morgan fingerprint density at radius 3 is 2.00 bits per heavy atom. The molecule has 122 valence electrons. The second-order valence-corrected chi connectivity index (χ2v) is 6.03. The number of halogens is 3. The fourth-order valence-electron chi connectivity index (χ4n) is 1.49. The first kappa shape index (κ1) is 18.5. The highest BCUT2D eigenvalue weighted by Gasteiger charge is 2.27. The third kappa shape index (κ3) is 6.04. The molecule has 0 amide bonds. The molecule has 0 unspecified atom stereocenters. The van der Waals surface area contributed by atoms with Crippen LogP contribution < -0.4 is 23.4 Å². The van der Waals surface area contributed by atoms with Crippen LogP contribution in [0.5, 0.6) is 0 Å². The predicted molar refractivity (Wildman–Crippen MR) is 59.3 cm³/mol. The second kappa shape index (κ2) is 6.67. The van der Waals surface area contributed by atoms with Crippen molar-refractivity contribution in [3.8, 4) is 11.3 Å². The molecule has 0 atom stereocenters. The first-order valence-electron chi connectivity index (χ1n) is 5.97. The lowest BCUT2D eigenvalue weighted by Gasteiger charge is -2.17. The SMILES string of the molecule is CC(C)(C)[n+]1ccc(-c2ccc(F)cc2F)o1.[O-][Cl+3]([O-])([O-])[O-]. The zero-order valence-corrected chi connectivity index (χ0v) is 12.8. The number of hydrogen-bond acceptors (Lipinski definition) is 5. The molecule has 1 aromatic heterocycles. The molecule has 0 aliphatic carbocycles. The summed E-state index contributed by atoms with van der Waals surface area (Å²) in [7, 11) is -4.94. The van der Waals surface area contributed by atoms with E-state index in [1.807, 2.05) is 20.8 Å². The summed E-state index contributed by atoms with van der Waals surface area (Å²) in [5.74, 6) is -0.834. The van der Waals surface area contributed by atoms with Crippen molar-refractivity contribution in [1.82, 2.24) is 0 Å². The molecule has 2 aromatic rings. The second-order valence-electron chi connectivity index (χ2n) is 5.27. The highest BCUT2D eigenvalue weighted by atomic mass is 35.7. The maximum Gasteiger partial charge on any atom is 0.221 e. The van der Waals surface area contributed by atoms with E-state index in [0.29, 0.717) is 5.76 Å². The third-order valence-corrected chi connectivity index (χ3v) is 2.42. The van der Waals surface area contributed by atoms with Gasteiger partial charge < -0.3 is 0 Å². The number of rotatable bonds is 1. The van der Waals surface area contributed by atoms with Crippen LogP contribution in [0.4, 0.5) is 8.78 Å². The summed E-state index contributed by atoms with van der Waals surface area (Å²) >= 11 is 0. The first-order chi connectivity index (χ1) is 9.88. The zero-order valence-electron chi connectivity index (χ0n) is 12.0. The molecule has 9 heteroatoms. The average molecular weight is 338 g/mol. The van der Waals surface area contributed by atoms with Gasteiger partial charge in [0.2, 0.25) is 17.5 Å². The van der Waals surface area contributed by atoms with Crippen LogP contribution in [-0.2, 0) is 5.54 Å². The van der Waals surface area contributed by atoms with Crippen LogP contribution in [0.3, 0.4) is 0 Å². The Labute approximate surface area is 127 Å². The van der Waals surface area contributed by atoms with E-state index in [1.165, 1.54) is 12.1 Å². The van der Waals surface area contributed by atoms with Crippen molar-refractivity contribution in [2.45, 2.75) is 26.3 Å². The van der Waals surface area contributed by atoms with E-state index < -0.39 is 21.9 Å². The molecule has 0 spiro atoms. The molecule has 0 saturated heterocycles. The van der Waals surface area contributed by atoms with Crippen LogP contribution in [0, 0.1) is 21.9 Å². The molecular weight excluding hydrogens is 324 g/mol. The lowest BCUT2D eigenvalue weighted by molar-refractivity contribution is -2.00. The molecule has 1 heterocycles. The standard InChI is InChI=1S/C13H14F2NO.ClHO4/c1-13(2,3)16-7-6-12(17-16)10-5-4-9(14)8-11(10)15;2-1(3,4)5/h4-8H,1-3H3;(H,2,3,4,5)/q+1;/p-1. The topological polar surface area (TPSA) is 109 Å². The molecule has 1 aromatic carbocycles. The molecule has 6 nitrogen and oxygen atoms in total. The summed E-state index contributed by atoms with van der Waals surface area (Å²) < 4.78 is 67.4. The van der Waals surface area contributed by atoms with E-state index in [9.17, 15) is 8.78 Å². The van der Waals surface area contributed by atoms with Gasteiger partial charge in [0.05, 0.1) is 11.6 Å². The molecular formula is C13H14ClF2NO5. The van der Waals surface area contributed by atoms with Crippen molar-refractivity contribution >= 4 is 0 Å². The van der Waals surface area contributed by atoms with E-state index >= 15 is 0 Å². The Morgan fingerprint density at radius 2 is 1.59 bits per heavy atom. The minimum Gasteiger partial charge on any atom is -0.236 e. The molecule has 0 radical (unpaired) electrons. The molecule has 0 aliphatic heterocycles. The highest BCUT2D eigenvalue weighted by Crippen LogP contribution is 2.23. The zero-order chi connectivity index (χ0) is 17.1. The summed E-state index contributed by atoms with van der Waals surface area (Å²) in [4.78, 5) is 0. The first-order valence-corrected chi connectivity index (χ1v) is 7.21. The van der Waals surface area contributed by atoms with Crippen molar-refractivity contribution in [2.75, 3.05) is 0 Å². The van der Waals surface area contributed by atoms with Gasteiger partial charge in [0.25, 0.3) is 0 Å². The van der Waals surface area contributed by atoms with Crippen molar-refractivity contribution < 1.29 is 46.9 Å². The molecule has 0 fully saturated rings. The summed E-state index contributed by atoms with van der Waals surface area (Å²) in [6.07, 6.45) is 1.73. The Balaban J connectivity index is 0.000000422. The van der Waals surface area contributed by atoms with Gasteiger partial charge in [-0.3, -0.25) is 0 Å². The lowest BCUT2D eigenvalue weighted by Crippen LogP contribution is -2.68. The van der Waals surface area contributed by atoms with Crippen LogP contribution in [0.2, 0.25) is 0 Å². The van der Waals surface area contributed by atoms with Crippen LogP contribution in [0.1, 0.15) is 20.8 Å². The van der Waals surface area contributed by atoms with Crippen molar-refractivity contribution in [3.63, 3.8) is 0 Å². The Bertz CT molecular complexity index is 628. The maximum atomic E-state index is 13.5.